The zero-order chi connectivity index (χ0) is 27.3. The molecule has 0 aliphatic heterocycles. The summed E-state index contributed by atoms with van der Waals surface area (Å²) in [6.07, 6.45) is 1.49. The Bertz CT molecular complexity index is 1200. The van der Waals surface area contributed by atoms with Crippen molar-refractivity contribution >= 4 is 55.1 Å². The fourth-order valence-electron chi connectivity index (χ4n) is 3.74. The molecule has 0 heterocycles. The van der Waals surface area contributed by atoms with Gasteiger partial charge in [-0.25, -0.2) is 8.42 Å². The van der Waals surface area contributed by atoms with Crippen LogP contribution in [-0.4, -0.2) is 49.5 Å². The zero-order valence-electron chi connectivity index (χ0n) is 21.6. The summed E-state index contributed by atoms with van der Waals surface area (Å²) in [6, 6.07) is 12.0. The highest BCUT2D eigenvalue weighted by molar-refractivity contribution is 9.10. The molecule has 2 rings (SSSR count). The largest absolute Gasteiger partial charge is 0.350 e. The molecule has 10 heteroatoms. The van der Waals surface area contributed by atoms with Crippen molar-refractivity contribution in [3.8, 4) is 0 Å². The van der Waals surface area contributed by atoms with Crippen molar-refractivity contribution in [2.24, 2.45) is 0 Å². The normalized spacial score (nSPS) is 12.7. The highest BCUT2D eigenvalue weighted by Gasteiger charge is 2.29. The van der Waals surface area contributed by atoms with Crippen LogP contribution in [0.1, 0.15) is 51.7 Å². The molecule has 0 spiro atoms. The van der Waals surface area contributed by atoms with Gasteiger partial charge in [0.1, 0.15) is 6.04 Å². The van der Waals surface area contributed by atoms with Crippen molar-refractivity contribution < 1.29 is 18.0 Å². The quantitative estimate of drug-likeness (QED) is 0.402. The number of rotatable bonds is 10. The van der Waals surface area contributed by atoms with E-state index in [-0.39, 0.29) is 37.7 Å². The van der Waals surface area contributed by atoms with Crippen molar-refractivity contribution in [3.63, 3.8) is 0 Å². The third kappa shape index (κ3) is 8.78. The summed E-state index contributed by atoms with van der Waals surface area (Å²) in [4.78, 5) is 27.8. The number of amides is 2. The molecule has 2 aromatic carbocycles. The Morgan fingerprint density at radius 2 is 1.78 bits per heavy atom. The summed E-state index contributed by atoms with van der Waals surface area (Å²) in [5.41, 5.74) is 1.57. The summed E-state index contributed by atoms with van der Waals surface area (Å²) >= 11 is 9.66. The first-order valence-corrected chi connectivity index (χ1v) is 14.7. The van der Waals surface area contributed by atoms with Gasteiger partial charge >= 0.3 is 0 Å². The van der Waals surface area contributed by atoms with Gasteiger partial charge in [0.25, 0.3) is 0 Å². The minimum absolute atomic E-state index is 0.0762. The molecule has 0 fully saturated rings. The number of carbonyl (C=O) groups excluding carboxylic acids is 2. The number of anilines is 1. The van der Waals surface area contributed by atoms with Crippen molar-refractivity contribution in [2.45, 2.75) is 65.6 Å². The van der Waals surface area contributed by atoms with Gasteiger partial charge in [-0.05, 0) is 76.4 Å². The van der Waals surface area contributed by atoms with Gasteiger partial charge in [0.05, 0.1) is 11.9 Å². The van der Waals surface area contributed by atoms with E-state index >= 15 is 0 Å². The van der Waals surface area contributed by atoms with Crippen LogP contribution in [0.2, 0.25) is 5.02 Å². The van der Waals surface area contributed by atoms with Crippen LogP contribution in [0.4, 0.5) is 5.69 Å². The minimum Gasteiger partial charge on any atom is -0.350 e. The third-order valence-electron chi connectivity index (χ3n) is 5.57. The van der Waals surface area contributed by atoms with Crippen LogP contribution in [-0.2, 0) is 26.2 Å². The average Bonchev–Trinajstić information content (AvgIpc) is 2.75. The lowest BCUT2D eigenvalue weighted by atomic mass is 10.1. The van der Waals surface area contributed by atoms with Crippen LogP contribution in [0.3, 0.4) is 0 Å². The molecule has 198 valence electrons. The molecule has 0 unspecified atom stereocenters. The van der Waals surface area contributed by atoms with E-state index in [1.54, 1.807) is 32.0 Å². The van der Waals surface area contributed by atoms with Crippen molar-refractivity contribution in [3.05, 3.63) is 63.1 Å². The summed E-state index contributed by atoms with van der Waals surface area (Å²) in [5, 5.41) is 3.41. The predicted molar refractivity (Wildman–Crippen MR) is 150 cm³/mol. The number of benzene rings is 2. The van der Waals surface area contributed by atoms with E-state index in [0.717, 1.165) is 16.3 Å². The Labute approximate surface area is 228 Å². The molecule has 0 aliphatic carbocycles. The van der Waals surface area contributed by atoms with E-state index in [4.69, 9.17) is 11.6 Å². The van der Waals surface area contributed by atoms with Crippen molar-refractivity contribution in [1.29, 1.82) is 0 Å². The Balaban J connectivity index is 2.23. The molecular weight excluding hydrogens is 566 g/mol. The first-order chi connectivity index (χ1) is 16.6. The average molecular weight is 601 g/mol. The second-order valence-electron chi connectivity index (χ2n) is 9.89. The maximum absolute atomic E-state index is 13.4. The topological polar surface area (TPSA) is 86.8 Å². The Hall–Kier alpha value is -2.10. The lowest BCUT2D eigenvalue weighted by Gasteiger charge is -2.32. The number of nitrogens with one attached hydrogen (secondary N) is 1. The first kappa shape index (κ1) is 30.1. The van der Waals surface area contributed by atoms with Gasteiger partial charge in [-0.15, -0.1) is 0 Å². The summed E-state index contributed by atoms with van der Waals surface area (Å²) < 4.78 is 27.2. The Morgan fingerprint density at radius 3 is 2.36 bits per heavy atom. The van der Waals surface area contributed by atoms with Gasteiger partial charge in [0, 0.05) is 34.5 Å². The van der Waals surface area contributed by atoms with Gasteiger partial charge < -0.3 is 10.2 Å². The van der Waals surface area contributed by atoms with Gasteiger partial charge in [-0.3, -0.25) is 13.9 Å². The SMILES string of the molecule is Cc1c(Cl)cccc1N(CCCC(=O)N(Cc1cccc(Br)c1)[C@@H](C)C(=O)NC(C)(C)C)S(C)(=O)=O. The number of nitrogens with zero attached hydrogens (tertiary/aromatic N) is 2. The monoisotopic (exact) mass is 599 g/mol. The summed E-state index contributed by atoms with van der Waals surface area (Å²) in [5.74, 6) is -0.485. The number of halogens is 2. The maximum Gasteiger partial charge on any atom is 0.242 e. The number of carbonyl (C=O) groups is 2. The van der Waals surface area contributed by atoms with Crippen LogP contribution in [0, 0.1) is 6.92 Å². The van der Waals surface area contributed by atoms with Gasteiger partial charge in [0.15, 0.2) is 0 Å². The van der Waals surface area contributed by atoms with E-state index in [2.05, 4.69) is 21.2 Å². The van der Waals surface area contributed by atoms with Crippen LogP contribution < -0.4 is 9.62 Å². The molecule has 0 saturated heterocycles. The van der Waals surface area contributed by atoms with Crippen LogP contribution in [0.15, 0.2) is 46.9 Å². The predicted octanol–water partition coefficient (Wildman–Crippen LogP) is 5.29. The van der Waals surface area contributed by atoms with Crippen LogP contribution >= 0.6 is 27.5 Å². The second-order valence-corrected chi connectivity index (χ2v) is 13.1. The summed E-state index contributed by atoms with van der Waals surface area (Å²) in [7, 11) is -3.60. The Morgan fingerprint density at radius 1 is 1.14 bits per heavy atom. The minimum atomic E-state index is -3.60. The van der Waals surface area contributed by atoms with E-state index in [0.29, 0.717) is 16.3 Å². The first-order valence-electron chi connectivity index (χ1n) is 11.7. The fourth-order valence-corrected chi connectivity index (χ4v) is 5.37. The van der Waals surface area contributed by atoms with Gasteiger partial charge in [-0.1, -0.05) is 45.7 Å². The number of sulfonamides is 1. The third-order valence-corrected chi connectivity index (χ3v) is 7.65. The van der Waals surface area contributed by atoms with E-state index in [1.165, 1.54) is 9.21 Å². The lowest BCUT2D eigenvalue weighted by Crippen LogP contribution is -2.52. The molecule has 2 aromatic rings. The molecule has 0 bridgehead atoms. The second kappa shape index (κ2) is 12.4. The summed E-state index contributed by atoms with van der Waals surface area (Å²) in [6.45, 7) is 9.48. The van der Waals surface area contributed by atoms with Crippen molar-refractivity contribution in [1.82, 2.24) is 10.2 Å². The molecule has 1 atom stereocenters. The van der Waals surface area contributed by atoms with Gasteiger partial charge in [0.2, 0.25) is 21.8 Å². The smallest absolute Gasteiger partial charge is 0.242 e. The van der Waals surface area contributed by atoms with Gasteiger partial charge in [-0.2, -0.15) is 0 Å². The van der Waals surface area contributed by atoms with Crippen LogP contribution in [0.25, 0.3) is 0 Å². The molecule has 0 radical (unpaired) electrons. The zero-order valence-corrected chi connectivity index (χ0v) is 24.8. The Kier molecular flexibility index (Phi) is 10.4. The molecule has 0 aliphatic rings. The number of hydrogen-bond acceptors (Lipinski definition) is 4. The van der Waals surface area contributed by atoms with E-state index in [1.807, 2.05) is 45.0 Å². The lowest BCUT2D eigenvalue weighted by molar-refractivity contribution is -0.141. The molecular formula is C26H35BrClN3O4S. The van der Waals surface area contributed by atoms with E-state index < -0.39 is 21.6 Å². The molecule has 1 N–H and O–H groups in total. The molecule has 0 saturated carbocycles. The van der Waals surface area contributed by atoms with E-state index in [9.17, 15) is 18.0 Å². The number of hydrogen-bond donors (Lipinski definition) is 1. The molecule has 0 aromatic heterocycles. The van der Waals surface area contributed by atoms with Crippen LogP contribution in [0.5, 0.6) is 0 Å². The standard InChI is InChI=1S/C26H35BrClN3O4S/c1-18-22(28)12-8-13-23(18)31(36(6,34)35)15-9-14-24(32)30(17-20-10-7-11-21(27)16-20)19(2)25(33)29-26(3,4)5/h7-8,10-13,16,19H,9,14-15,17H2,1-6H3,(H,29,33)/t19-/m0/s1. The molecule has 2 amide bonds. The maximum atomic E-state index is 13.4. The highest BCUT2D eigenvalue weighted by atomic mass is 79.9. The molecule has 36 heavy (non-hydrogen) atoms. The fraction of sp³-hybridized carbons (Fsp3) is 0.462. The van der Waals surface area contributed by atoms with Crippen molar-refractivity contribution in [2.75, 3.05) is 17.1 Å². The highest BCUT2D eigenvalue weighted by Crippen LogP contribution is 2.28. The molecule has 7 nitrogen and oxygen atoms in total.